The first kappa shape index (κ1) is 21.6. The average Bonchev–Trinajstić information content (AvgIpc) is 3.09. The Balaban J connectivity index is 0.00000261. The van der Waals surface area contributed by atoms with Gasteiger partial charge in [-0.15, -0.1) is 24.0 Å². The summed E-state index contributed by atoms with van der Waals surface area (Å²) < 4.78 is 1.75. The number of guanidine groups is 1. The van der Waals surface area contributed by atoms with Crippen molar-refractivity contribution in [3.05, 3.63) is 47.5 Å². The van der Waals surface area contributed by atoms with Gasteiger partial charge in [0.1, 0.15) is 12.2 Å². The number of piperidine rings is 1. The molecule has 2 aromatic rings. The van der Waals surface area contributed by atoms with Crippen molar-refractivity contribution in [3.8, 4) is 0 Å². The number of halogens is 1. The maximum Gasteiger partial charge on any atom is 0.191 e. The van der Waals surface area contributed by atoms with Gasteiger partial charge in [-0.1, -0.05) is 30.7 Å². The van der Waals surface area contributed by atoms with E-state index >= 15 is 0 Å². The lowest BCUT2D eigenvalue weighted by atomic mass is 10.1. The largest absolute Gasteiger partial charge is 0.352 e. The van der Waals surface area contributed by atoms with Gasteiger partial charge >= 0.3 is 0 Å². The smallest absolute Gasteiger partial charge is 0.191 e. The zero-order chi connectivity index (χ0) is 18.2. The molecule has 2 N–H and O–H groups in total. The predicted octanol–water partition coefficient (Wildman–Crippen LogP) is 2.28. The summed E-state index contributed by atoms with van der Waals surface area (Å²) >= 11 is 0. The van der Waals surface area contributed by atoms with Crippen LogP contribution in [0.25, 0.3) is 0 Å². The van der Waals surface area contributed by atoms with Crippen LogP contribution in [0.15, 0.2) is 35.6 Å². The fraction of sp³-hybridized carbons (Fsp3) is 0.526. The second kappa shape index (κ2) is 11.2. The first-order valence-corrected chi connectivity index (χ1v) is 9.32. The molecule has 1 fully saturated rings. The van der Waals surface area contributed by atoms with Crippen molar-refractivity contribution >= 4 is 29.9 Å². The van der Waals surface area contributed by atoms with Crippen LogP contribution in [0, 0.1) is 0 Å². The minimum atomic E-state index is 0. The Hall–Kier alpha value is -1.68. The topological polar surface area (TPSA) is 70.4 Å². The van der Waals surface area contributed by atoms with Crippen LogP contribution in [0.3, 0.4) is 0 Å². The molecule has 2 heterocycles. The molecule has 1 aliphatic heterocycles. The van der Waals surface area contributed by atoms with Gasteiger partial charge in [-0.2, -0.15) is 5.10 Å². The third kappa shape index (κ3) is 6.76. The Morgan fingerprint density at radius 3 is 2.33 bits per heavy atom. The van der Waals surface area contributed by atoms with Crippen LogP contribution in [-0.2, 0) is 26.7 Å². The molecule has 0 amide bonds. The van der Waals surface area contributed by atoms with Gasteiger partial charge in [0.2, 0.25) is 0 Å². The maximum atomic E-state index is 4.26. The number of aryl methyl sites for hydroxylation is 1. The Kier molecular flexibility index (Phi) is 8.99. The van der Waals surface area contributed by atoms with Crippen LogP contribution >= 0.6 is 24.0 Å². The van der Waals surface area contributed by atoms with Gasteiger partial charge in [0.05, 0.1) is 6.54 Å². The van der Waals surface area contributed by atoms with E-state index in [2.05, 4.69) is 54.9 Å². The van der Waals surface area contributed by atoms with Gasteiger partial charge < -0.3 is 10.6 Å². The first-order valence-electron chi connectivity index (χ1n) is 9.32. The standard InChI is InChI=1S/C19H29N7.HI/c1-20-19(22-13-18-23-15-24-25(18)2)21-12-16-6-8-17(9-7-16)14-26-10-4-3-5-11-26;/h6-9,15H,3-5,10-14H2,1-2H3,(H2,20,21,22);1H. The number of nitrogens with zero attached hydrogens (tertiary/aromatic N) is 5. The summed E-state index contributed by atoms with van der Waals surface area (Å²) in [5, 5.41) is 10.7. The highest BCUT2D eigenvalue weighted by Gasteiger charge is 2.10. The highest BCUT2D eigenvalue weighted by Crippen LogP contribution is 2.13. The van der Waals surface area contributed by atoms with Crippen LogP contribution in [-0.4, -0.2) is 45.8 Å². The summed E-state index contributed by atoms with van der Waals surface area (Å²) in [4.78, 5) is 11.0. The van der Waals surface area contributed by atoms with Crippen LogP contribution in [0.1, 0.15) is 36.2 Å². The molecule has 0 atom stereocenters. The number of likely N-dealkylation sites (tertiary alicyclic amines) is 1. The normalized spacial score (nSPS) is 15.3. The van der Waals surface area contributed by atoms with Gasteiger partial charge in [0, 0.05) is 27.2 Å². The van der Waals surface area contributed by atoms with Crippen LogP contribution < -0.4 is 10.6 Å². The van der Waals surface area contributed by atoms with Gasteiger partial charge in [0.15, 0.2) is 5.96 Å². The quantitative estimate of drug-likeness (QED) is 0.375. The third-order valence-electron chi connectivity index (χ3n) is 4.78. The number of rotatable bonds is 6. The van der Waals surface area contributed by atoms with E-state index in [-0.39, 0.29) is 24.0 Å². The molecule has 0 aliphatic carbocycles. The fourth-order valence-corrected chi connectivity index (χ4v) is 3.19. The molecular formula is C19H30IN7. The van der Waals surface area contributed by atoms with E-state index in [0.29, 0.717) is 6.54 Å². The lowest BCUT2D eigenvalue weighted by molar-refractivity contribution is 0.221. The van der Waals surface area contributed by atoms with Crippen LogP contribution in [0.4, 0.5) is 0 Å². The molecule has 0 radical (unpaired) electrons. The minimum absolute atomic E-state index is 0. The van der Waals surface area contributed by atoms with Crippen molar-refractivity contribution in [1.82, 2.24) is 30.3 Å². The van der Waals surface area contributed by atoms with Crippen LogP contribution in [0.2, 0.25) is 0 Å². The molecule has 7 nitrogen and oxygen atoms in total. The number of aromatic nitrogens is 3. The van der Waals surface area contributed by atoms with Gasteiger partial charge in [-0.25, -0.2) is 4.98 Å². The molecule has 0 unspecified atom stereocenters. The third-order valence-corrected chi connectivity index (χ3v) is 4.78. The second-order valence-corrected chi connectivity index (χ2v) is 6.73. The molecule has 0 spiro atoms. The highest BCUT2D eigenvalue weighted by molar-refractivity contribution is 14.0. The van der Waals surface area contributed by atoms with Crippen LogP contribution in [0.5, 0.6) is 0 Å². The SMILES string of the molecule is CN=C(NCc1ccc(CN2CCCCC2)cc1)NCc1ncnn1C.I. The molecule has 1 aliphatic rings. The minimum Gasteiger partial charge on any atom is -0.352 e. The zero-order valence-electron chi connectivity index (χ0n) is 16.2. The van der Waals surface area contributed by atoms with E-state index in [4.69, 9.17) is 0 Å². The maximum absolute atomic E-state index is 4.26. The number of nitrogens with one attached hydrogen (secondary N) is 2. The van der Waals surface area contributed by atoms with Gasteiger partial charge in [-0.3, -0.25) is 14.6 Å². The summed E-state index contributed by atoms with van der Waals surface area (Å²) in [6, 6.07) is 8.87. The molecule has 0 saturated carbocycles. The lowest BCUT2D eigenvalue weighted by Crippen LogP contribution is -2.36. The Labute approximate surface area is 178 Å². The van der Waals surface area contributed by atoms with Gasteiger partial charge in [-0.05, 0) is 37.1 Å². The monoisotopic (exact) mass is 483 g/mol. The summed E-state index contributed by atoms with van der Waals surface area (Å²) in [6.45, 7) is 4.86. The van der Waals surface area contributed by atoms with E-state index in [0.717, 1.165) is 24.9 Å². The molecule has 0 bridgehead atoms. The molecule has 3 rings (SSSR count). The number of hydrogen-bond donors (Lipinski definition) is 2. The number of hydrogen-bond acceptors (Lipinski definition) is 4. The van der Waals surface area contributed by atoms with Crippen molar-refractivity contribution < 1.29 is 0 Å². The molecule has 1 aromatic carbocycles. The Morgan fingerprint density at radius 2 is 1.70 bits per heavy atom. The molecule has 1 aromatic heterocycles. The van der Waals surface area contributed by atoms with E-state index in [9.17, 15) is 0 Å². The van der Waals surface area contributed by atoms with Crippen molar-refractivity contribution in [2.24, 2.45) is 12.0 Å². The van der Waals surface area contributed by atoms with Crippen molar-refractivity contribution in [2.75, 3.05) is 20.1 Å². The lowest BCUT2D eigenvalue weighted by Gasteiger charge is -2.26. The summed E-state index contributed by atoms with van der Waals surface area (Å²) in [5.74, 6) is 1.63. The first-order chi connectivity index (χ1) is 12.7. The van der Waals surface area contributed by atoms with E-state index in [1.54, 1.807) is 18.1 Å². The molecule has 148 valence electrons. The van der Waals surface area contributed by atoms with E-state index < -0.39 is 0 Å². The number of aliphatic imine (C=N–C) groups is 1. The van der Waals surface area contributed by atoms with Crippen molar-refractivity contribution in [1.29, 1.82) is 0 Å². The summed E-state index contributed by atoms with van der Waals surface area (Å²) in [6.07, 6.45) is 5.61. The molecular weight excluding hydrogens is 453 g/mol. The molecule has 27 heavy (non-hydrogen) atoms. The second-order valence-electron chi connectivity index (χ2n) is 6.73. The van der Waals surface area contributed by atoms with E-state index in [1.807, 2.05) is 7.05 Å². The van der Waals surface area contributed by atoms with Crippen molar-refractivity contribution in [2.45, 2.75) is 38.9 Å². The summed E-state index contributed by atoms with van der Waals surface area (Å²) in [5.41, 5.74) is 2.63. The predicted molar refractivity (Wildman–Crippen MR) is 119 cm³/mol. The Morgan fingerprint density at radius 1 is 1.04 bits per heavy atom. The molecule has 1 saturated heterocycles. The fourth-order valence-electron chi connectivity index (χ4n) is 3.19. The summed E-state index contributed by atoms with van der Waals surface area (Å²) in [7, 11) is 3.65. The van der Waals surface area contributed by atoms with Crippen molar-refractivity contribution in [3.63, 3.8) is 0 Å². The van der Waals surface area contributed by atoms with E-state index in [1.165, 1.54) is 43.5 Å². The Bertz CT molecular complexity index is 705. The zero-order valence-corrected chi connectivity index (χ0v) is 18.5. The number of benzene rings is 1. The van der Waals surface area contributed by atoms with Gasteiger partial charge in [0.25, 0.3) is 0 Å². The molecule has 8 heteroatoms. The average molecular weight is 483 g/mol. The highest BCUT2D eigenvalue weighted by atomic mass is 127.